The molecule has 7 heteroatoms. The van der Waals surface area contributed by atoms with Crippen molar-refractivity contribution in [3.63, 3.8) is 0 Å². The number of methoxy groups -OCH3 is 1. The van der Waals surface area contributed by atoms with Gasteiger partial charge in [0.1, 0.15) is 5.75 Å². The smallest absolute Gasteiger partial charge is 0.237 e. The molecule has 0 radical (unpaired) electrons. The topological polar surface area (TPSA) is 83.6 Å². The standard InChI is InChI=1S/C21H26N4O3/c1-15-11-17(3-4-19(15)28-2)14-25-10-9-23-21(27)18(25)12-20(26)24-13-16-5-7-22-8-6-16/h3-8,11,18H,9-10,12-14H2,1-2H3,(H,23,27)(H,24,26). The second-order valence-corrected chi connectivity index (χ2v) is 6.92. The summed E-state index contributed by atoms with van der Waals surface area (Å²) in [5, 5.41) is 5.75. The SMILES string of the molecule is COc1ccc(CN2CCNC(=O)C2CC(=O)NCc2ccncc2)cc1C. The molecule has 3 rings (SSSR count). The van der Waals surface area contributed by atoms with Crippen LogP contribution in [-0.2, 0) is 22.7 Å². The van der Waals surface area contributed by atoms with Gasteiger partial charge in [-0.3, -0.25) is 19.5 Å². The predicted octanol–water partition coefficient (Wildman–Crippen LogP) is 1.41. The summed E-state index contributed by atoms with van der Waals surface area (Å²) in [7, 11) is 1.65. The highest BCUT2D eigenvalue weighted by atomic mass is 16.5. The number of piperazine rings is 1. The van der Waals surface area contributed by atoms with Gasteiger partial charge in [0.05, 0.1) is 19.6 Å². The molecule has 1 unspecified atom stereocenters. The maximum absolute atomic E-state index is 12.4. The zero-order chi connectivity index (χ0) is 19.9. The predicted molar refractivity (Wildman–Crippen MR) is 106 cm³/mol. The summed E-state index contributed by atoms with van der Waals surface area (Å²) in [5.74, 6) is 0.595. The fourth-order valence-corrected chi connectivity index (χ4v) is 3.40. The van der Waals surface area contributed by atoms with Gasteiger partial charge in [-0.25, -0.2) is 0 Å². The Balaban J connectivity index is 1.62. The van der Waals surface area contributed by atoms with E-state index in [0.29, 0.717) is 26.2 Å². The van der Waals surface area contributed by atoms with E-state index in [1.165, 1.54) is 0 Å². The van der Waals surface area contributed by atoms with Crippen LogP contribution >= 0.6 is 0 Å². The van der Waals surface area contributed by atoms with Crippen molar-refractivity contribution in [3.8, 4) is 5.75 Å². The van der Waals surface area contributed by atoms with E-state index in [0.717, 1.165) is 22.4 Å². The Hall–Kier alpha value is -2.93. The lowest BCUT2D eigenvalue weighted by Gasteiger charge is -2.34. The summed E-state index contributed by atoms with van der Waals surface area (Å²) >= 11 is 0. The Bertz CT molecular complexity index is 826. The fourth-order valence-electron chi connectivity index (χ4n) is 3.40. The van der Waals surface area contributed by atoms with Crippen molar-refractivity contribution in [2.75, 3.05) is 20.2 Å². The van der Waals surface area contributed by atoms with Crippen LogP contribution in [0.15, 0.2) is 42.7 Å². The molecule has 0 spiro atoms. The van der Waals surface area contributed by atoms with Crippen LogP contribution in [0.3, 0.4) is 0 Å². The van der Waals surface area contributed by atoms with E-state index >= 15 is 0 Å². The average molecular weight is 382 g/mol. The van der Waals surface area contributed by atoms with Crippen LogP contribution in [0.5, 0.6) is 5.75 Å². The molecule has 1 aliphatic rings. The minimum atomic E-state index is -0.478. The molecule has 2 aromatic rings. The Morgan fingerprint density at radius 1 is 1.29 bits per heavy atom. The molecule has 0 saturated carbocycles. The number of pyridine rings is 1. The number of aryl methyl sites for hydroxylation is 1. The second kappa shape index (κ2) is 9.32. The van der Waals surface area contributed by atoms with Crippen molar-refractivity contribution in [1.82, 2.24) is 20.5 Å². The van der Waals surface area contributed by atoms with Crippen LogP contribution in [0.25, 0.3) is 0 Å². The normalized spacial score (nSPS) is 17.1. The molecule has 2 N–H and O–H groups in total. The molecule has 2 heterocycles. The van der Waals surface area contributed by atoms with E-state index in [4.69, 9.17) is 4.74 Å². The largest absolute Gasteiger partial charge is 0.496 e. The van der Waals surface area contributed by atoms with E-state index < -0.39 is 6.04 Å². The lowest BCUT2D eigenvalue weighted by Crippen LogP contribution is -2.56. The number of nitrogens with one attached hydrogen (secondary N) is 2. The summed E-state index contributed by atoms with van der Waals surface area (Å²) < 4.78 is 5.31. The van der Waals surface area contributed by atoms with Crippen molar-refractivity contribution < 1.29 is 14.3 Å². The molecule has 148 valence electrons. The van der Waals surface area contributed by atoms with Crippen molar-refractivity contribution in [2.24, 2.45) is 0 Å². The minimum Gasteiger partial charge on any atom is -0.496 e. The number of rotatable bonds is 7. The van der Waals surface area contributed by atoms with E-state index in [1.54, 1.807) is 19.5 Å². The van der Waals surface area contributed by atoms with Gasteiger partial charge >= 0.3 is 0 Å². The molecule has 28 heavy (non-hydrogen) atoms. The van der Waals surface area contributed by atoms with Gasteiger partial charge in [-0.15, -0.1) is 0 Å². The van der Waals surface area contributed by atoms with Gasteiger partial charge in [0.15, 0.2) is 0 Å². The third-order valence-corrected chi connectivity index (χ3v) is 4.90. The van der Waals surface area contributed by atoms with Crippen LogP contribution in [0, 0.1) is 6.92 Å². The lowest BCUT2D eigenvalue weighted by molar-refractivity contribution is -0.134. The van der Waals surface area contributed by atoms with E-state index in [-0.39, 0.29) is 18.2 Å². The Morgan fingerprint density at radius 3 is 2.79 bits per heavy atom. The molecular weight excluding hydrogens is 356 g/mol. The first-order chi connectivity index (χ1) is 13.6. The number of benzene rings is 1. The van der Waals surface area contributed by atoms with E-state index in [2.05, 4.69) is 26.6 Å². The summed E-state index contributed by atoms with van der Waals surface area (Å²) in [6, 6.07) is 9.22. The molecule has 0 bridgehead atoms. The summed E-state index contributed by atoms with van der Waals surface area (Å²) in [6.07, 6.45) is 3.51. The van der Waals surface area contributed by atoms with Gasteiger partial charge in [-0.05, 0) is 41.8 Å². The van der Waals surface area contributed by atoms with Gasteiger partial charge in [0.25, 0.3) is 0 Å². The van der Waals surface area contributed by atoms with Crippen molar-refractivity contribution in [2.45, 2.75) is 32.5 Å². The maximum atomic E-state index is 12.4. The molecular formula is C21H26N4O3. The van der Waals surface area contributed by atoms with Gasteiger partial charge < -0.3 is 15.4 Å². The summed E-state index contributed by atoms with van der Waals surface area (Å²) in [6.45, 7) is 4.32. The molecule has 1 aromatic carbocycles. The van der Waals surface area contributed by atoms with Gasteiger partial charge in [-0.2, -0.15) is 0 Å². The number of hydrogen-bond donors (Lipinski definition) is 2. The monoisotopic (exact) mass is 382 g/mol. The number of hydrogen-bond acceptors (Lipinski definition) is 5. The molecule has 1 aliphatic heterocycles. The van der Waals surface area contributed by atoms with Gasteiger partial charge in [-0.1, -0.05) is 12.1 Å². The van der Waals surface area contributed by atoms with Crippen LogP contribution in [-0.4, -0.2) is 47.9 Å². The van der Waals surface area contributed by atoms with Crippen LogP contribution in [0.2, 0.25) is 0 Å². The zero-order valence-electron chi connectivity index (χ0n) is 16.3. The Kier molecular flexibility index (Phi) is 6.60. The average Bonchev–Trinajstić information content (AvgIpc) is 2.70. The van der Waals surface area contributed by atoms with Gasteiger partial charge in [0, 0.05) is 38.6 Å². The highest BCUT2D eigenvalue weighted by molar-refractivity contribution is 5.88. The number of carbonyl (C=O) groups excluding carboxylic acids is 2. The maximum Gasteiger partial charge on any atom is 0.237 e. The molecule has 1 atom stereocenters. The third kappa shape index (κ3) is 5.07. The second-order valence-electron chi connectivity index (χ2n) is 6.92. The van der Waals surface area contributed by atoms with Gasteiger partial charge in [0.2, 0.25) is 11.8 Å². The number of carbonyl (C=O) groups is 2. The molecule has 2 amide bonds. The Morgan fingerprint density at radius 2 is 2.07 bits per heavy atom. The Labute approximate surface area is 165 Å². The number of ether oxygens (including phenoxy) is 1. The van der Waals surface area contributed by atoms with Crippen LogP contribution in [0.1, 0.15) is 23.1 Å². The number of nitrogens with zero attached hydrogens (tertiary/aromatic N) is 2. The van der Waals surface area contributed by atoms with E-state index in [9.17, 15) is 9.59 Å². The third-order valence-electron chi connectivity index (χ3n) is 4.90. The summed E-state index contributed by atoms with van der Waals surface area (Å²) in [4.78, 5) is 30.9. The molecule has 1 saturated heterocycles. The highest BCUT2D eigenvalue weighted by Gasteiger charge is 2.31. The first-order valence-electron chi connectivity index (χ1n) is 9.37. The van der Waals surface area contributed by atoms with Crippen molar-refractivity contribution in [3.05, 3.63) is 59.4 Å². The molecule has 1 aromatic heterocycles. The van der Waals surface area contributed by atoms with E-state index in [1.807, 2.05) is 31.2 Å². The molecule has 1 fully saturated rings. The lowest BCUT2D eigenvalue weighted by atomic mass is 10.0. The quantitative estimate of drug-likeness (QED) is 0.756. The van der Waals surface area contributed by atoms with Crippen molar-refractivity contribution in [1.29, 1.82) is 0 Å². The first-order valence-corrected chi connectivity index (χ1v) is 9.37. The number of amides is 2. The number of aromatic nitrogens is 1. The van der Waals surface area contributed by atoms with Crippen molar-refractivity contribution >= 4 is 11.8 Å². The molecule has 7 nitrogen and oxygen atoms in total. The molecule has 0 aliphatic carbocycles. The first kappa shape index (κ1) is 19.8. The van der Waals surface area contributed by atoms with Crippen LogP contribution in [0.4, 0.5) is 0 Å². The summed E-state index contributed by atoms with van der Waals surface area (Å²) in [5.41, 5.74) is 3.12. The zero-order valence-corrected chi connectivity index (χ0v) is 16.3. The minimum absolute atomic E-state index is 0.101. The van der Waals surface area contributed by atoms with Crippen LogP contribution < -0.4 is 15.4 Å². The fraction of sp³-hybridized carbons (Fsp3) is 0.381. The highest BCUT2D eigenvalue weighted by Crippen LogP contribution is 2.21.